The fraction of sp³-hybridized carbons (Fsp3) is 0.136. The van der Waals surface area contributed by atoms with Gasteiger partial charge in [-0.1, -0.05) is 60.7 Å². The SMILES string of the molecule is COc1ccc(NC(=S)NC(c2ccccc2)C(N)c2ccccc2)cc1. The first kappa shape index (κ1) is 18.9. The number of anilines is 1. The lowest BCUT2D eigenvalue weighted by atomic mass is 9.94. The summed E-state index contributed by atoms with van der Waals surface area (Å²) < 4.78 is 5.18. The predicted molar refractivity (Wildman–Crippen MR) is 115 cm³/mol. The molecule has 138 valence electrons. The van der Waals surface area contributed by atoms with Gasteiger partial charge in [0.1, 0.15) is 5.75 Å². The first-order valence-corrected chi connectivity index (χ1v) is 9.15. The van der Waals surface area contributed by atoms with Crippen molar-refractivity contribution in [1.29, 1.82) is 0 Å². The molecule has 0 fully saturated rings. The van der Waals surface area contributed by atoms with Crippen molar-refractivity contribution in [3.05, 3.63) is 96.1 Å². The van der Waals surface area contributed by atoms with E-state index < -0.39 is 0 Å². The zero-order chi connectivity index (χ0) is 19.1. The number of methoxy groups -OCH3 is 1. The first-order chi connectivity index (χ1) is 13.2. The highest BCUT2D eigenvalue weighted by Crippen LogP contribution is 2.27. The van der Waals surface area contributed by atoms with Gasteiger partial charge in [0.2, 0.25) is 0 Å². The zero-order valence-electron chi connectivity index (χ0n) is 15.1. The lowest BCUT2D eigenvalue weighted by Crippen LogP contribution is -2.38. The van der Waals surface area contributed by atoms with E-state index in [-0.39, 0.29) is 12.1 Å². The maximum Gasteiger partial charge on any atom is 0.171 e. The van der Waals surface area contributed by atoms with Crippen molar-refractivity contribution in [3.8, 4) is 5.75 Å². The summed E-state index contributed by atoms with van der Waals surface area (Å²) >= 11 is 5.53. The normalized spacial score (nSPS) is 12.7. The number of hydrogen-bond donors (Lipinski definition) is 3. The molecule has 0 heterocycles. The van der Waals surface area contributed by atoms with E-state index in [4.69, 9.17) is 22.7 Å². The number of nitrogens with one attached hydrogen (secondary N) is 2. The Morgan fingerprint density at radius 1 is 0.852 bits per heavy atom. The van der Waals surface area contributed by atoms with Gasteiger partial charge in [-0.15, -0.1) is 0 Å². The van der Waals surface area contributed by atoms with Crippen LogP contribution in [0.5, 0.6) is 5.75 Å². The number of thiocarbonyl (C=S) groups is 1. The molecule has 5 heteroatoms. The van der Waals surface area contributed by atoms with E-state index in [2.05, 4.69) is 22.8 Å². The third-order valence-corrected chi connectivity index (χ3v) is 4.56. The van der Waals surface area contributed by atoms with Gasteiger partial charge in [0.05, 0.1) is 19.2 Å². The molecule has 0 saturated carbocycles. The largest absolute Gasteiger partial charge is 0.497 e. The van der Waals surface area contributed by atoms with Crippen molar-refractivity contribution < 1.29 is 4.74 Å². The monoisotopic (exact) mass is 377 g/mol. The Bertz CT molecular complexity index is 854. The second-order valence-corrected chi connectivity index (χ2v) is 6.56. The Kier molecular flexibility index (Phi) is 6.41. The molecule has 4 N–H and O–H groups in total. The molecule has 0 aromatic heterocycles. The summed E-state index contributed by atoms with van der Waals surface area (Å²) in [6.45, 7) is 0. The van der Waals surface area contributed by atoms with Crippen molar-refractivity contribution in [1.82, 2.24) is 5.32 Å². The van der Waals surface area contributed by atoms with Crippen molar-refractivity contribution in [2.45, 2.75) is 12.1 Å². The molecule has 0 amide bonds. The highest BCUT2D eigenvalue weighted by atomic mass is 32.1. The molecule has 27 heavy (non-hydrogen) atoms. The highest BCUT2D eigenvalue weighted by Gasteiger charge is 2.22. The first-order valence-electron chi connectivity index (χ1n) is 8.74. The molecule has 0 aliphatic carbocycles. The molecule has 2 atom stereocenters. The summed E-state index contributed by atoms with van der Waals surface area (Å²) in [4.78, 5) is 0. The molecule has 3 aromatic rings. The fourth-order valence-electron chi connectivity index (χ4n) is 2.89. The quantitative estimate of drug-likeness (QED) is 0.555. The minimum absolute atomic E-state index is 0.160. The van der Waals surface area contributed by atoms with Crippen molar-refractivity contribution in [3.63, 3.8) is 0 Å². The number of hydrogen-bond acceptors (Lipinski definition) is 3. The summed E-state index contributed by atoms with van der Waals surface area (Å²) in [6.07, 6.45) is 0. The molecular formula is C22H23N3OS. The average Bonchev–Trinajstić information content (AvgIpc) is 2.73. The molecule has 3 aromatic carbocycles. The van der Waals surface area contributed by atoms with E-state index in [0.717, 1.165) is 22.6 Å². The van der Waals surface area contributed by atoms with Gasteiger partial charge in [-0.3, -0.25) is 0 Å². The maximum absolute atomic E-state index is 6.58. The second kappa shape index (κ2) is 9.16. The zero-order valence-corrected chi connectivity index (χ0v) is 15.9. The molecule has 0 bridgehead atoms. The van der Waals surface area contributed by atoms with Crippen LogP contribution in [-0.4, -0.2) is 12.2 Å². The van der Waals surface area contributed by atoms with Gasteiger partial charge in [0.25, 0.3) is 0 Å². The molecule has 0 radical (unpaired) electrons. The summed E-state index contributed by atoms with van der Waals surface area (Å²) in [6, 6.07) is 27.3. The molecule has 3 rings (SSSR count). The number of nitrogens with two attached hydrogens (primary N) is 1. The lowest BCUT2D eigenvalue weighted by Gasteiger charge is -2.27. The van der Waals surface area contributed by atoms with Gasteiger partial charge >= 0.3 is 0 Å². The van der Waals surface area contributed by atoms with E-state index in [1.807, 2.05) is 72.8 Å². The van der Waals surface area contributed by atoms with Crippen LogP contribution in [0.4, 0.5) is 5.69 Å². The molecule has 0 saturated heterocycles. The van der Waals surface area contributed by atoms with E-state index >= 15 is 0 Å². The van der Waals surface area contributed by atoms with Crippen LogP contribution in [0.25, 0.3) is 0 Å². The summed E-state index contributed by atoms with van der Waals surface area (Å²) in [5.41, 5.74) is 9.59. The summed E-state index contributed by atoms with van der Waals surface area (Å²) in [7, 11) is 1.64. The van der Waals surface area contributed by atoms with Crippen molar-refractivity contribution in [2.24, 2.45) is 5.73 Å². The fourth-order valence-corrected chi connectivity index (χ4v) is 3.14. The Morgan fingerprint density at radius 2 is 1.41 bits per heavy atom. The minimum Gasteiger partial charge on any atom is -0.497 e. The number of rotatable bonds is 6. The lowest BCUT2D eigenvalue weighted by molar-refractivity contribution is 0.415. The Labute approximate surface area is 165 Å². The van der Waals surface area contributed by atoms with Gasteiger partial charge in [0.15, 0.2) is 5.11 Å². The molecule has 0 aliphatic heterocycles. The van der Waals surface area contributed by atoms with Crippen molar-refractivity contribution in [2.75, 3.05) is 12.4 Å². The maximum atomic E-state index is 6.58. The number of benzene rings is 3. The Morgan fingerprint density at radius 3 is 1.96 bits per heavy atom. The minimum atomic E-state index is -0.246. The third kappa shape index (κ3) is 5.06. The third-order valence-electron chi connectivity index (χ3n) is 4.34. The van der Waals surface area contributed by atoms with E-state index in [1.54, 1.807) is 7.11 Å². The molecule has 2 unspecified atom stereocenters. The van der Waals surface area contributed by atoms with Crippen LogP contribution < -0.4 is 21.1 Å². The van der Waals surface area contributed by atoms with E-state index in [9.17, 15) is 0 Å². The second-order valence-electron chi connectivity index (χ2n) is 6.15. The van der Waals surface area contributed by atoms with E-state index in [1.165, 1.54) is 0 Å². The highest BCUT2D eigenvalue weighted by molar-refractivity contribution is 7.80. The van der Waals surface area contributed by atoms with Crippen LogP contribution in [0.2, 0.25) is 0 Å². The van der Waals surface area contributed by atoms with Gasteiger partial charge in [-0.25, -0.2) is 0 Å². The molecule has 0 aliphatic rings. The van der Waals surface area contributed by atoms with Crippen LogP contribution in [-0.2, 0) is 0 Å². The molecular weight excluding hydrogens is 354 g/mol. The van der Waals surface area contributed by atoms with Gasteiger partial charge in [0, 0.05) is 5.69 Å². The Balaban J connectivity index is 1.77. The van der Waals surface area contributed by atoms with Crippen LogP contribution in [0.3, 0.4) is 0 Å². The van der Waals surface area contributed by atoms with Gasteiger partial charge in [-0.05, 0) is 47.6 Å². The standard InChI is InChI=1S/C22H23N3OS/c1-26-19-14-12-18(13-15-19)24-22(27)25-21(17-10-6-3-7-11-17)20(23)16-8-4-2-5-9-16/h2-15,20-21H,23H2,1H3,(H2,24,25,27). The molecule has 4 nitrogen and oxygen atoms in total. The Hall–Kier alpha value is -2.89. The van der Waals surface area contributed by atoms with Gasteiger partial charge in [-0.2, -0.15) is 0 Å². The van der Waals surface area contributed by atoms with E-state index in [0.29, 0.717) is 5.11 Å². The van der Waals surface area contributed by atoms with Gasteiger partial charge < -0.3 is 21.1 Å². The number of ether oxygens (including phenoxy) is 1. The molecule has 0 spiro atoms. The summed E-state index contributed by atoms with van der Waals surface area (Å²) in [5.74, 6) is 0.799. The topological polar surface area (TPSA) is 59.3 Å². The predicted octanol–water partition coefficient (Wildman–Crippen LogP) is 4.42. The smallest absolute Gasteiger partial charge is 0.171 e. The van der Waals surface area contributed by atoms with Crippen LogP contribution in [0.15, 0.2) is 84.9 Å². The summed E-state index contributed by atoms with van der Waals surface area (Å²) in [5, 5.41) is 7.10. The van der Waals surface area contributed by atoms with Crippen LogP contribution in [0, 0.1) is 0 Å². The van der Waals surface area contributed by atoms with Crippen LogP contribution >= 0.6 is 12.2 Å². The average molecular weight is 378 g/mol. The van der Waals surface area contributed by atoms with Crippen LogP contribution in [0.1, 0.15) is 23.2 Å². The van der Waals surface area contributed by atoms with Crippen molar-refractivity contribution >= 4 is 23.0 Å².